The number of rotatable bonds is 3. The first-order valence-corrected chi connectivity index (χ1v) is 9.84. The van der Waals surface area contributed by atoms with Crippen LogP contribution in [0.5, 0.6) is 5.75 Å². The van der Waals surface area contributed by atoms with E-state index in [2.05, 4.69) is 15.9 Å². The van der Waals surface area contributed by atoms with Crippen LogP contribution in [-0.4, -0.2) is 43.0 Å². The zero-order valence-electron chi connectivity index (χ0n) is 14.7. The van der Waals surface area contributed by atoms with E-state index in [0.717, 1.165) is 17.3 Å². The van der Waals surface area contributed by atoms with Crippen LogP contribution in [0.25, 0.3) is 0 Å². The Bertz CT molecular complexity index is 642. The van der Waals surface area contributed by atoms with Crippen molar-refractivity contribution in [3.8, 4) is 5.75 Å². The molecule has 136 valence electrons. The molecule has 6 heteroatoms. The number of amides is 2. The summed E-state index contributed by atoms with van der Waals surface area (Å²) in [4.78, 5) is 28.5. The lowest BCUT2D eigenvalue weighted by molar-refractivity contribution is -0.133. The van der Waals surface area contributed by atoms with Crippen LogP contribution in [0.3, 0.4) is 0 Å². The molecular formula is C19H25BrN2O3. The summed E-state index contributed by atoms with van der Waals surface area (Å²) in [5, 5.41) is 0. The number of carbonyl (C=O) groups excluding carboxylic acids is 2. The quantitative estimate of drug-likeness (QED) is 0.764. The van der Waals surface area contributed by atoms with E-state index in [-0.39, 0.29) is 31.0 Å². The van der Waals surface area contributed by atoms with Gasteiger partial charge in [-0.1, -0.05) is 48.0 Å². The Hall–Kier alpha value is -1.56. The van der Waals surface area contributed by atoms with Gasteiger partial charge in [-0.2, -0.15) is 0 Å². The third-order valence-electron chi connectivity index (χ3n) is 5.17. The topological polar surface area (TPSA) is 49.9 Å². The summed E-state index contributed by atoms with van der Waals surface area (Å²) >= 11 is 3.41. The fourth-order valence-electron chi connectivity index (χ4n) is 3.62. The summed E-state index contributed by atoms with van der Waals surface area (Å²) in [7, 11) is 1.88. The van der Waals surface area contributed by atoms with Gasteiger partial charge >= 0.3 is 0 Å². The summed E-state index contributed by atoms with van der Waals surface area (Å²) in [6.45, 7) is 0.0493. The molecule has 1 aromatic carbocycles. The van der Waals surface area contributed by atoms with Crippen LogP contribution in [0, 0.1) is 0 Å². The Balaban J connectivity index is 1.70. The van der Waals surface area contributed by atoms with Gasteiger partial charge in [0.25, 0.3) is 5.91 Å². The highest BCUT2D eigenvalue weighted by Gasteiger charge is 2.30. The molecule has 1 fully saturated rings. The number of halogens is 1. The van der Waals surface area contributed by atoms with Crippen molar-refractivity contribution in [3.63, 3.8) is 0 Å². The highest BCUT2D eigenvalue weighted by molar-refractivity contribution is 9.10. The second kappa shape index (κ2) is 8.21. The molecule has 25 heavy (non-hydrogen) atoms. The predicted molar refractivity (Wildman–Crippen MR) is 101 cm³/mol. The zero-order chi connectivity index (χ0) is 17.8. The van der Waals surface area contributed by atoms with Crippen molar-refractivity contribution in [3.05, 3.63) is 22.7 Å². The minimum absolute atomic E-state index is 0.00491. The fraction of sp³-hybridized carbons (Fsp3) is 0.579. The van der Waals surface area contributed by atoms with Gasteiger partial charge in [-0.05, 0) is 31.0 Å². The Morgan fingerprint density at radius 2 is 1.92 bits per heavy atom. The standard InChI is InChI=1S/C19H25BrN2O3/c1-21(15-7-5-3-2-4-6-8-15)18(23)12-22-16-10-9-14(20)11-17(16)25-13-19(22)24/h9-11,15H,2-8,12-13H2,1H3. The summed E-state index contributed by atoms with van der Waals surface area (Å²) in [6, 6.07) is 5.79. The van der Waals surface area contributed by atoms with Gasteiger partial charge in [-0.15, -0.1) is 0 Å². The lowest BCUT2D eigenvalue weighted by atomic mass is 9.96. The van der Waals surface area contributed by atoms with Crippen molar-refractivity contribution >= 4 is 33.4 Å². The Labute approximate surface area is 157 Å². The molecule has 1 saturated carbocycles. The largest absolute Gasteiger partial charge is 0.482 e. The molecule has 2 aliphatic rings. The molecule has 3 rings (SSSR count). The van der Waals surface area contributed by atoms with Crippen molar-refractivity contribution in [1.82, 2.24) is 4.90 Å². The Kier molecular flexibility index (Phi) is 5.99. The molecule has 1 aromatic rings. The van der Waals surface area contributed by atoms with Crippen LogP contribution in [0.15, 0.2) is 22.7 Å². The van der Waals surface area contributed by atoms with E-state index in [0.29, 0.717) is 11.4 Å². The fourth-order valence-corrected chi connectivity index (χ4v) is 3.96. The third-order valence-corrected chi connectivity index (χ3v) is 5.67. The highest BCUT2D eigenvalue weighted by Crippen LogP contribution is 2.34. The molecule has 0 bridgehead atoms. The Morgan fingerprint density at radius 3 is 2.64 bits per heavy atom. The van der Waals surface area contributed by atoms with E-state index >= 15 is 0 Å². The van der Waals surface area contributed by atoms with Crippen LogP contribution >= 0.6 is 15.9 Å². The van der Waals surface area contributed by atoms with Gasteiger partial charge in [-0.25, -0.2) is 0 Å². The van der Waals surface area contributed by atoms with Gasteiger partial charge in [0.15, 0.2) is 6.61 Å². The molecule has 0 N–H and O–H groups in total. The van der Waals surface area contributed by atoms with Crippen molar-refractivity contribution in [2.24, 2.45) is 0 Å². The highest BCUT2D eigenvalue weighted by atomic mass is 79.9. The Morgan fingerprint density at radius 1 is 1.24 bits per heavy atom. The van der Waals surface area contributed by atoms with Crippen molar-refractivity contribution in [2.45, 2.75) is 51.0 Å². The number of hydrogen-bond acceptors (Lipinski definition) is 3. The lowest BCUT2D eigenvalue weighted by Gasteiger charge is -2.33. The summed E-state index contributed by atoms with van der Waals surface area (Å²) in [5.74, 6) is 0.458. The molecule has 0 saturated heterocycles. The lowest BCUT2D eigenvalue weighted by Crippen LogP contribution is -2.48. The number of benzene rings is 1. The molecule has 1 aliphatic carbocycles. The van der Waals surface area contributed by atoms with E-state index in [1.54, 1.807) is 4.90 Å². The maximum atomic E-state index is 12.8. The first-order chi connectivity index (χ1) is 12.1. The molecule has 1 heterocycles. The number of ether oxygens (including phenoxy) is 1. The van der Waals surface area contributed by atoms with E-state index in [9.17, 15) is 9.59 Å². The normalized spacial score (nSPS) is 18.8. The second-order valence-corrected chi connectivity index (χ2v) is 7.80. The van der Waals surface area contributed by atoms with Crippen LogP contribution < -0.4 is 9.64 Å². The van der Waals surface area contributed by atoms with E-state index < -0.39 is 0 Å². The molecule has 1 aliphatic heterocycles. The minimum Gasteiger partial charge on any atom is -0.482 e. The monoisotopic (exact) mass is 408 g/mol. The predicted octanol–water partition coefficient (Wildman–Crippen LogP) is 3.75. The molecular weight excluding hydrogens is 384 g/mol. The molecule has 5 nitrogen and oxygen atoms in total. The maximum Gasteiger partial charge on any atom is 0.265 e. The second-order valence-electron chi connectivity index (χ2n) is 6.88. The van der Waals surface area contributed by atoms with E-state index in [4.69, 9.17) is 4.74 Å². The molecule has 0 aromatic heterocycles. The molecule has 2 amide bonds. The number of hydrogen-bond donors (Lipinski definition) is 0. The number of fused-ring (bicyclic) bond motifs is 1. The SMILES string of the molecule is CN(C(=O)CN1C(=O)COc2cc(Br)ccc21)C1CCCCCCC1. The van der Waals surface area contributed by atoms with Crippen molar-refractivity contribution in [2.75, 3.05) is 25.1 Å². The number of anilines is 1. The smallest absolute Gasteiger partial charge is 0.265 e. The number of nitrogens with zero attached hydrogens (tertiary/aromatic N) is 2. The molecule has 0 unspecified atom stereocenters. The van der Waals surface area contributed by atoms with Gasteiger partial charge in [0.2, 0.25) is 5.91 Å². The van der Waals surface area contributed by atoms with Crippen molar-refractivity contribution < 1.29 is 14.3 Å². The van der Waals surface area contributed by atoms with Gasteiger partial charge in [0.1, 0.15) is 12.3 Å². The first-order valence-electron chi connectivity index (χ1n) is 9.04. The third kappa shape index (κ3) is 4.35. The first kappa shape index (κ1) is 18.2. The summed E-state index contributed by atoms with van der Waals surface area (Å²) in [6.07, 6.45) is 8.28. The van der Waals surface area contributed by atoms with E-state index in [1.165, 1.54) is 32.1 Å². The molecule has 0 atom stereocenters. The molecule has 0 radical (unpaired) electrons. The van der Waals surface area contributed by atoms with Crippen LogP contribution in [0.4, 0.5) is 5.69 Å². The number of likely N-dealkylation sites (N-methyl/N-ethyl adjacent to an activating group) is 1. The van der Waals surface area contributed by atoms with Crippen LogP contribution in [-0.2, 0) is 9.59 Å². The van der Waals surface area contributed by atoms with Crippen LogP contribution in [0.1, 0.15) is 44.9 Å². The van der Waals surface area contributed by atoms with Gasteiger partial charge < -0.3 is 9.64 Å². The summed E-state index contributed by atoms with van der Waals surface area (Å²) < 4.78 is 6.38. The van der Waals surface area contributed by atoms with Gasteiger partial charge in [0, 0.05) is 17.6 Å². The maximum absolute atomic E-state index is 12.8. The van der Waals surface area contributed by atoms with Gasteiger partial charge in [0.05, 0.1) is 5.69 Å². The number of carbonyl (C=O) groups is 2. The van der Waals surface area contributed by atoms with Crippen LogP contribution in [0.2, 0.25) is 0 Å². The molecule has 0 spiro atoms. The van der Waals surface area contributed by atoms with Gasteiger partial charge in [-0.3, -0.25) is 14.5 Å². The minimum atomic E-state index is -0.172. The van der Waals surface area contributed by atoms with Crippen molar-refractivity contribution in [1.29, 1.82) is 0 Å². The average Bonchev–Trinajstić information content (AvgIpc) is 2.56. The zero-order valence-corrected chi connectivity index (χ0v) is 16.3. The summed E-state index contributed by atoms with van der Waals surface area (Å²) in [5.41, 5.74) is 0.666. The average molecular weight is 409 g/mol. The van der Waals surface area contributed by atoms with E-state index in [1.807, 2.05) is 30.1 Å².